The first-order chi connectivity index (χ1) is 7.66. The van der Waals surface area contributed by atoms with Crippen LogP contribution in [0.1, 0.15) is 17.6 Å². The summed E-state index contributed by atoms with van der Waals surface area (Å²) in [5, 5.41) is 0.618. The Balaban J connectivity index is 2.11. The summed E-state index contributed by atoms with van der Waals surface area (Å²) in [6.07, 6.45) is 5.93. The molecule has 16 heavy (non-hydrogen) atoms. The van der Waals surface area contributed by atoms with Crippen molar-refractivity contribution in [3.05, 3.63) is 47.3 Å². The standard InChI is InChI=1S/C11H13ClN4/c1-16-5-4-14-11(16)6-9(13)10-3-2-8(12)7-15-10/h2-5,7,9H,6,13H2,1H3. The topological polar surface area (TPSA) is 56.7 Å². The third-order valence-electron chi connectivity index (χ3n) is 2.45. The molecule has 84 valence electrons. The quantitative estimate of drug-likeness (QED) is 0.883. The fraction of sp³-hybridized carbons (Fsp3) is 0.273. The molecule has 0 bridgehead atoms. The lowest BCUT2D eigenvalue weighted by Gasteiger charge is -2.10. The molecule has 2 heterocycles. The summed E-state index contributed by atoms with van der Waals surface area (Å²) in [5.41, 5.74) is 6.87. The molecule has 1 atom stereocenters. The summed E-state index contributed by atoms with van der Waals surface area (Å²) in [6.45, 7) is 0. The minimum Gasteiger partial charge on any atom is -0.338 e. The fourth-order valence-corrected chi connectivity index (χ4v) is 1.61. The minimum atomic E-state index is -0.154. The molecule has 0 radical (unpaired) electrons. The minimum absolute atomic E-state index is 0.154. The van der Waals surface area contributed by atoms with Crippen molar-refractivity contribution in [2.45, 2.75) is 12.5 Å². The molecule has 0 fully saturated rings. The molecule has 0 aromatic carbocycles. The Bertz CT molecular complexity index is 463. The number of nitrogens with zero attached hydrogens (tertiary/aromatic N) is 3. The van der Waals surface area contributed by atoms with E-state index in [9.17, 15) is 0 Å². The van der Waals surface area contributed by atoms with Crippen molar-refractivity contribution < 1.29 is 0 Å². The Morgan fingerprint density at radius 2 is 2.25 bits per heavy atom. The van der Waals surface area contributed by atoms with Gasteiger partial charge in [0.05, 0.1) is 16.8 Å². The number of halogens is 1. The molecule has 2 rings (SSSR count). The Morgan fingerprint density at radius 1 is 1.44 bits per heavy atom. The van der Waals surface area contributed by atoms with Crippen molar-refractivity contribution in [2.24, 2.45) is 12.8 Å². The molecule has 0 saturated heterocycles. The predicted octanol–water partition coefficient (Wildman–Crippen LogP) is 1.71. The van der Waals surface area contributed by atoms with Crippen LogP contribution in [0, 0.1) is 0 Å². The van der Waals surface area contributed by atoms with Gasteiger partial charge in [0, 0.05) is 32.1 Å². The number of nitrogens with two attached hydrogens (primary N) is 1. The number of rotatable bonds is 3. The van der Waals surface area contributed by atoms with Crippen molar-refractivity contribution in [3.63, 3.8) is 0 Å². The lowest BCUT2D eigenvalue weighted by atomic mass is 10.1. The van der Waals surface area contributed by atoms with Crippen LogP contribution in [-0.2, 0) is 13.5 Å². The van der Waals surface area contributed by atoms with E-state index in [2.05, 4.69) is 9.97 Å². The number of imidazole rings is 1. The van der Waals surface area contributed by atoms with Crippen LogP contribution in [0.3, 0.4) is 0 Å². The van der Waals surface area contributed by atoms with Crippen LogP contribution in [0.25, 0.3) is 0 Å². The van der Waals surface area contributed by atoms with E-state index in [-0.39, 0.29) is 6.04 Å². The zero-order valence-corrected chi connectivity index (χ0v) is 9.72. The number of pyridine rings is 1. The SMILES string of the molecule is Cn1ccnc1CC(N)c1ccc(Cl)cn1. The first-order valence-electron chi connectivity index (χ1n) is 5.00. The van der Waals surface area contributed by atoms with Gasteiger partial charge in [0.15, 0.2) is 0 Å². The highest BCUT2D eigenvalue weighted by Crippen LogP contribution is 2.14. The Morgan fingerprint density at radius 3 is 2.81 bits per heavy atom. The second kappa shape index (κ2) is 4.63. The van der Waals surface area contributed by atoms with Crippen molar-refractivity contribution >= 4 is 11.6 Å². The molecule has 0 aliphatic rings. The molecule has 2 N–H and O–H groups in total. The molecule has 0 saturated carbocycles. The van der Waals surface area contributed by atoms with Crippen molar-refractivity contribution in [2.75, 3.05) is 0 Å². The van der Waals surface area contributed by atoms with Gasteiger partial charge in [-0.2, -0.15) is 0 Å². The molecule has 2 aromatic heterocycles. The van der Waals surface area contributed by atoms with Crippen LogP contribution < -0.4 is 5.73 Å². The lowest BCUT2D eigenvalue weighted by molar-refractivity contribution is 0.644. The highest BCUT2D eigenvalue weighted by atomic mass is 35.5. The largest absolute Gasteiger partial charge is 0.338 e. The van der Waals surface area contributed by atoms with E-state index in [0.717, 1.165) is 11.5 Å². The molecular formula is C11H13ClN4. The average molecular weight is 237 g/mol. The number of aryl methyl sites for hydroxylation is 1. The van der Waals surface area contributed by atoms with Crippen LogP contribution in [-0.4, -0.2) is 14.5 Å². The zero-order valence-electron chi connectivity index (χ0n) is 8.97. The highest BCUT2D eigenvalue weighted by Gasteiger charge is 2.11. The fourth-order valence-electron chi connectivity index (χ4n) is 1.50. The first kappa shape index (κ1) is 11.1. The monoisotopic (exact) mass is 236 g/mol. The van der Waals surface area contributed by atoms with Gasteiger partial charge < -0.3 is 10.3 Å². The number of hydrogen-bond acceptors (Lipinski definition) is 3. The summed E-state index contributed by atoms with van der Waals surface area (Å²) < 4.78 is 1.95. The maximum atomic E-state index is 6.05. The summed E-state index contributed by atoms with van der Waals surface area (Å²) in [6, 6.07) is 3.48. The van der Waals surface area contributed by atoms with Gasteiger partial charge in [-0.05, 0) is 12.1 Å². The lowest BCUT2D eigenvalue weighted by Crippen LogP contribution is -2.16. The summed E-state index contributed by atoms with van der Waals surface area (Å²) in [7, 11) is 1.95. The third-order valence-corrected chi connectivity index (χ3v) is 2.68. The summed E-state index contributed by atoms with van der Waals surface area (Å²) >= 11 is 5.76. The Labute approximate surface area is 99.1 Å². The van der Waals surface area contributed by atoms with E-state index < -0.39 is 0 Å². The Kier molecular flexibility index (Phi) is 3.22. The van der Waals surface area contributed by atoms with Gasteiger partial charge in [0.25, 0.3) is 0 Å². The van der Waals surface area contributed by atoms with Crippen LogP contribution >= 0.6 is 11.6 Å². The summed E-state index contributed by atoms with van der Waals surface area (Å²) in [4.78, 5) is 8.42. The van der Waals surface area contributed by atoms with Crippen LogP contribution in [0.15, 0.2) is 30.7 Å². The zero-order chi connectivity index (χ0) is 11.5. The normalized spacial score (nSPS) is 12.7. The van der Waals surface area contributed by atoms with E-state index >= 15 is 0 Å². The molecule has 0 amide bonds. The molecular weight excluding hydrogens is 224 g/mol. The molecule has 0 spiro atoms. The van der Waals surface area contributed by atoms with Gasteiger partial charge in [-0.25, -0.2) is 4.98 Å². The molecule has 0 aliphatic heterocycles. The maximum absolute atomic E-state index is 6.05. The third kappa shape index (κ3) is 2.40. The van der Waals surface area contributed by atoms with Crippen molar-refractivity contribution in [3.8, 4) is 0 Å². The van der Waals surface area contributed by atoms with Gasteiger partial charge in [-0.15, -0.1) is 0 Å². The van der Waals surface area contributed by atoms with E-state index in [4.69, 9.17) is 17.3 Å². The van der Waals surface area contributed by atoms with Gasteiger partial charge in [0.1, 0.15) is 5.82 Å². The van der Waals surface area contributed by atoms with E-state index in [1.54, 1.807) is 18.5 Å². The second-order valence-electron chi connectivity index (χ2n) is 3.67. The first-order valence-corrected chi connectivity index (χ1v) is 5.38. The van der Waals surface area contributed by atoms with Crippen LogP contribution in [0.5, 0.6) is 0 Å². The van der Waals surface area contributed by atoms with Gasteiger partial charge in [0.2, 0.25) is 0 Å². The van der Waals surface area contributed by atoms with Gasteiger partial charge >= 0.3 is 0 Å². The highest BCUT2D eigenvalue weighted by molar-refractivity contribution is 6.30. The van der Waals surface area contributed by atoms with E-state index in [0.29, 0.717) is 11.4 Å². The van der Waals surface area contributed by atoms with Crippen LogP contribution in [0.2, 0.25) is 5.02 Å². The predicted molar refractivity (Wildman–Crippen MR) is 63.1 cm³/mol. The van der Waals surface area contributed by atoms with E-state index in [1.165, 1.54) is 0 Å². The smallest absolute Gasteiger partial charge is 0.110 e. The number of aromatic nitrogens is 3. The maximum Gasteiger partial charge on any atom is 0.110 e. The Hall–Kier alpha value is -1.39. The van der Waals surface area contributed by atoms with Crippen LogP contribution in [0.4, 0.5) is 0 Å². The molecule has 2 aromatic rings. The molecule has 0 aliphatic carbocycles. The summed E-state index contributed by atoms with van der Waals surface area (Å²) in [5.74, 6) is 0.948. The molecule has 1 unspecified atom stereocenters. The van der Waals surface area contributed by atoms with Crippen molar-refractivity contribution in [1.29, 1.82) is 0 Å². The van der Waals surface area contributed by atoms with Gasteiger partial charge in [-0.3, -0.25) is 4.98 Å². The average Bonchev–Trinajstić information content (AvgIpc) is 2.65. The number of hydrogen-bond donors (Lipinski definition) is 1. The second-order valence-corrected chi connectivity index (χ2v) is 4.10. The van der Waals surface area contributed by atoms with Crippen molar-refractivity contribution in [1.82, 2.24) is 14.5 Å². The molecule has 4 nitrogen and oxygen atoms in total. The van der Waals surface area contributed by atoms with E-state index in [1.807, 2.05) is 23.9 Å². The van der Waals surface area contributed by atoms with Gasteiger partial charge in [-0.1, -0.05) is 11.6 Å². The molecule has 5 heteroatoms.